The fraction of sp³-hybridized carbons (Fsp3) is 0.286. The minimum absolute atomic E-state index is 0.506. The molecular formula is C14H15ClN2O. The van der Waals surface area contributed by atoms with Crippen LogP contribution < -0.4 is 4.74 Å². The molecule has 3 nitrogen and oxygen atoms in total. The van der Waals surface area contributed by atoms with Gasteiger partial charge < -0.3 is 4.74 Å². The molecule has 0 saturated carbocycles. The number of halogens is 1. The van der Waals surface area contributed by atoms with Gasteiger partial charge in [0.05, 0.1) is 6.61 Å². The van der Waals surface area contributed by atoms with E-state index in [0.717, 1.165) is 22.6 Å². The zero-order valence-electron chi connectivity index (χ0n) is 10.7. The van der Waals surface area contributed by atoms with Crippen molar-refractivity contribution in [1.29, 1.82) is 0 Å². The van der Waals surface area contributed by atoms with Gasteiger partial charge in [0.2, 0.25) is 0 Å². The lowest BCUT2D eigenvalue weighted by atomic mass is 10.2. The number of aromatic nitrogens is 2. The van der Waals surface area contributed by atoms with Gasteiger partial charge >= 0.3 is 0 Å². The molecule has 0 aliphatic rings. The molecule has 94 valence electrons. The monoisotopic (exact) mass is 262 g/mol. The Bertz CT molecular complexity index is 529. The summed E-state index contributed by atoms with van der Waals surface area (Å²) >= 11 is 6.07. The van der Waals surface area contributed by atoms with E-state index in [1.807, 2.05) is 45.0 Å². The highest BCUT2D eigenvalue weighted by atomic mass is 35.5. The standard InChI is InChI=1S/C14H15ClN2O/c1-4-18-12-7-5-11(6-8-12)14-16-10(3)9(2)13(15)17-14/h5-8H,4H2,1-3H3. The number of ether oxygens (including phenoxy) is 1. The van der Waals surface area contributed by atoms with Crippen LogP contribution in [0.25, 0.3) is 11.4 Å². The average molecular weight is 263 g/mol. The maximum Gasteiger partial charge on any atom is 0.161 e. The first-order chi connectivity index (χ1) is 8.61. The highest BCUT2D eigenvalue weighted by Gasteiger charge is 2.08. The van der Waals surface area contributed by atoms with E-state index < -0.39 is 0 Å². The second-order valence-corrected chi connectivity index (χ2v) is 4.36. The number of hydrogen-bond acceptors (Lipinski definition) is 3. The Labute approximate surface area is 112 Å². The predicted octanol–water partition coefficient (Wildman–Crippen LogP) is 3.81. The van der Waals surface area contributed by atoms with E-state index in [2.05, 4.69) is 9.97 Å². The minimum Gasteiger partial charge on any atom is -0.494 e. The van der Waals surface area contributed by atoms with Gasteiger partial charge in [-0.2, -0.15) is 0 Å². The van der Waals surface area contributed by atoms with Crippen molar-refractivity contribution >= 4 is 11.6 Å². The Balaban J connectivity index is 2.36. The van der Waals surface area contributed by atoms with Crippen LogP contribution in [-0.4, -0.2) is 16.6 Å². The van der Waals surface area contributed by atoms with Crippen LogP contribution >= 0.6 is 11.6 Å². The molecule has 1 heterocycles. The first-order valence-corrected chi connectivity index (χ1v) is 6.23. The topological polar surface area (TPSA) is 35.0 Å². The van der Waals surface area contributed by atoms with Gasteiger partial charge in [0.1, 0.15) is 10.9 Å². The Morgan fingerprint density at radius 2 is 1.78 bits per heavy atom. The van der Waals surface area contributed by atoms with Crippen molar-refractivity contribution in [3.63, 3.8) is 0 Å². The van der Waals surface area contributed by atoms with E-state index in [9.17, 15) is 0 Å². The molecule has 4 heteroatoms. The molecule has 0 N–H and O–H groups in total. The van der Waals surface area contributed by atoms with Crippen LogP contribution in [0.1, 0.15) is 18.2 Å². The number of benzene rings is 1. The summed E-state index contributed by atoms with van der Waals surface area (Å²) in [5.74, 6) is 1.49. The molecule has 0 unspecified atom stereocenters. The lowest BCUT2D eigenvalue weighted by Crippen LogP contribution is -1.97. The molecule has 0 fully saturated rings. The van der Waals surface area contributed by atoms with Crippen LogP contribution in [-0.2, 0) is 0 Å². The smallest absolute Gasteiger partial charge is 0.161 e. The fourth-order valence-electron chi connectivity index (χ4n) is 1.59. The van der Waals surface area contributed by atoms with Crippen molar-refractivity contribution in [3.8, 4) is 17.1 Å². The SMILES string of the molecule is CCOc1ccc(-c2nc(C)c(C)c(Cl)n2)cc1. The van der Waals surface area contributed by atoms with Crippen LogP contribution in [0.15, 0.2) is 24.3 Å². The summed E-state index contributed by atoms with van der Waals surface area (Å²) in [6.45, 7) is 6.46. The molecule has 18 heavy (non-hydrogen) atoms. The third-order valence-corrected chi connectivity index (χ3v) is 3.12. The summed E-state index contributed by atoms with van der Waals surface area (Å²) in [6.07, 6.45) is 0. The lowest BCUT2D eigenvalue weighted by molar-refractivity contribution is 0.340. The van der Waals surface area contributed by atoms with E-state index in [1.165, 1.54) is 0 Å². The number of rotatable bonds is 3. The maximum absolute atomic E-state index is 6.07. The van der Waals surface area contributed by atoms with E-state index in [1.54, 1.807) is 0 Å². The number of aryl methyl sites for hydroxylation is 1. The second kappa shape index (κ2) is 5.36. The van der Waals surface area contributed by atoms with Crippen LogP contribution in [0.5, 0.6) is 5.75 Å². The molecule has 0 aliphatic carbocycles. The normalized spacial score (nSPS) is 10.4. The van der Waals surface area contributed by atoms with Gasteiger partial charge in [-0.15, -0.1) is 0 Å². The van der Waals surface area contributed by atoms with Crippen molar-refractivity contribution < 1.29 is 4.74 Å². The van der Waals surface area contributed by atoms with Crippen LogP contribution in [0.3, 0.4) is 0 Å². The van der Waals surface area contributed by atoms with Gasteiger partial charge in [0.25, 0.3) is 0 Å². The van der Waals surface area contributed by atoms with Gasteiger partial charge in [-0.05, 0) is 45.0 Å². The molecule has 0 radical (unpaired) electrons. The van der Waals surface area contributed by atoms with Gasteiger partial charge in [-0.25, -0.2) is 9.97 Å². The Kier molecular flexibility index (Phi) is 3.82. The zero-order valence-corrected chi connectivity index (χ0v) is 11.5. The summed E-state index contributed by atoms with van der Waals surface area (Å²) in [4.78, 5) is 8.74. The zero-order chi connectivity index (χ0) is 13.1. The van der Waals surface area contributed by atoms with Crippen LogP contribution in [0, 0.1) is 13.8 Å². The van der Waals surface area contributed by atoms with Gasteiger partial charge in [0, 0.05) is 16.8 Å². The molecule has 0 aliphatic heterocycles. The minimum atomic E-state index is 0.506. The average Bonchev–Trinajstić information content (AvgIpc) is 2.37. The van der Waals surface area contributed by atoms with Gasteiger partial charge in [-0.3, -0.25) is 0 Å². The lowest BCUT2D eigenvalue weighted by Gasteiger charge is -2.07. The maximum atomic E-state index is 6.07. The number of nitrogens with zero attached hydrogens (tertiary/aromatic N) is 2. The molecule has 0 amide bonds. The Morgan fingerprint density at radius 1 is 1.11 bits per heavy atom. The first-order valence-electron chi connectivity index (χ1n) is 5.85. The van der Waals surface area contributed by atoms with Crippen molar-refractivity contribution in [1.82, 2.24) is 9.97 Å². The third kappa shape index (κ3) is 2.62. The molecule has 2 rings (SSSR count). The van der Waals surface area contributed by atoms with E-state index in [4.69, 9.17) is 16.3 Å². The van der Waals surface area contributed by atoms with Gasteiger partial charge in [0.15, 0.2) is 5.82 Å². The van der Waals surface area contributed by atoms with E-state index in [0.29, 0.717) is 17.6 Å². The number of hydrogen-bond donors (Lipinski definition) is 0. The Hall–Kier alpha value is -1.61. The second-order valence-electron chi connectivity index (χ2n) is 4.01. The molecule has 0 bridgehead atoms. The highest BCUT2D eigenvalue weighted by Crippen LogP contribution is 2.23. The summed E-state index contributed by atoms with van der Waals surface area (Å²) in [5.41, 5.74) is 2.76. The third-order valence-electron chi connectivity index (χ3n) is 2.75. The van der Waals surface area contributed by atoms with E-state index >= 15 is 0 Å². The molecule has 0 saturated heterocycles. The van der Waals surface area contributed by atoms with Crippen molar-refractivity contribution in [2.24, 2.45) is 0 Å². The predicted molar refractivity (Wildman–Crippen MR) is 73.1 cm³/mol. The largest absolute Gasteiger partial charge is 0.494 e. The van der Waals surface area contributed by atoms with Gasteiger partial charge in [-0.1, -0.05) is 11.6 Å². The van der Waals surface area contributed by atoms with Crippen LogP contribution in [0.4, 0.5) is 0 Å². The Morgan fingerprint density at radius 3 is 2.33 bits per heavy atom. The summed E-state index contributed by atoms with van der Waals surface area (Å²) < 4.78 is 5.40. The van der Waals surface area contributed by atoms with E-state index in [-0.39, 0.29) is 0 Å². The fourth-order valence-corrected chi connectivity index (χ4v) is 1.81. The summed E-state index contributed by atoms with van der Waals surface area (Å²) in [5, 5.41) is 0.506. The van der Waals surface area contributed by atoms with Crippen molar-refractivity contribution in [2.45, 2.75) is 20.8 Å². The summed E-state index contributed by atoms with van der Waals surface area (Å²) in [7, 11) is 0. The molecule has 1 aromatic heterocycles. The first kappa shape index (κ1) is 12.8. The van der Waals surface area contributed by atoms with Crippen molar-refractivity contribution in [3.05, 3.63) is 40.7 Å². The highest BCUT2D eigenvalue weighted by molar-refractivity contribution is 6.30. The van der Waals surface area contributed by atoms with Crippen molar-refractivity contribution in [2.75, 3.05) is 6.61 Å². The molecular weight excluding hydrogens is 248 g/mol. The molecule has 2 aromatic rings. The molecule has 0 atom stereocenters. The summed E-state index contributed by atoms with van der Waals surface area (Å²) in [6, 6.07) is 7.69. The molecule has 1 aromatic carbocycles. The molecule has 0 spiro atoms. The quantitative estimate of drug-likeness (QED) is 0.789. The van der Waals surface area contributed by atoms with Crippen LogP contribution in [0.2, 0.25) is 5.15 Å².